The molecular weight excluding hydrogens is 216 g/mol. The van der Waals surface area contributed by atoms with Crippen molar-refractivity contribution in [3.63, 3.8) is 0 Å². The van der Waals surface area contributed by atoms with Crippen molar-refractivity contribution < 1.29 is 29.0 Å². The molecule has 0 saturated heterocycles. The number of ether oxygens (including phenoxy) is 2. The molecule has 0 spiro atoms. The van der Waals surface area contributed by atoms with E-state index in [2.05, 4.69) is 4.74 Å². The average Bonchev–Trinajstić information content (AvgIpc) is 2.11. The fourth-order valence-electron chi connectivity index (χ4n) is 0.779. The van der Waals surface area contributed by atoms with Crippen LogP contribution in [0.15, 0.2) is 11.6 Å². The van der Waals surface area contributed by atoms with Crippen LogP contribution in [0.5, 0.6) is 0 Å². The van der Waals surface area contributed by atoms with Gasteiger partial charge in [0.25, 0.3) is 0 Å². The molecule has 1 N–H and O–H groups in total. The summed E-state index contributed by atoms with van der Waals surface area (Å²) >= 11 is 0. The zero-order chi connectivity index (χ0) is 12.7. The monoisotopic (exact) mass is 230 g/mol. The van der Waals surface area contributed by atoms with Crippen LogP contribution in [-0.4, -0.2) is 35.7 Å². The Morgan fingerprint density at radius 2 is 1.88 bits per heavy atom. The van der Waals surface area contributed by atoms with E-state index in [1.807, 2.05) is 0 Å². The number of rotatable bonds is 5. The van der Waals surface area contributed by atoms with E-state index in [1.54, 1.807) is 13.8 Å². The molecule has 0 saturated carbocycles. The van der Waals surface area contributed by atoms with Crippen molar-refractivity contribution >= 4 is 17.9 Å². The molecule has 0 aromatic carbocycles. The predicted molar refractivity (Wildman–Crippen MR) is 53.6 cm³/mol. The SMILES string of the molecule is C/C(=C/C(=O)O)C(=O)OCC(=O)OC(C)C. The van der Waals surface area contributed by atoms with Crippen molar-refractivity contribution in [2.75, 3.05) is 6.61 Å². The quantitative estimate of drug-likeness (QED) is 0.546. The average molecular weight is 230 g/mol. The van der Waals surface area contributed by atoms with E-state index in [0.717, 1.165) is 0 Å². The Kier molecular flexibility index (Phi) is 5.84. The van der Waals surface area contributed by atoms with Crippen molar-refractivity contribution in [2.24, 2.45) is 0 Å². The first kappa shape index (κ1) is 14.2. The van der Waals surface area contributed by atoms with Gasteiger partial charge in [-0.05, 0) is 20.8 Å². The minimum absolute atomic E-state index is 0.0927. The van der Waals surface area contributed by atoms with Crippen LogP contribution in [-0.2, 0) is 23.9 Å². The smallest absolute Gasteiger partial charge is 0.344 e. The maximum absolute atomic E-state index is 11.1. The molecule has 16 heavy (non-hydrogen) atoms. The van der Waals surface area contributed by atoms with E-state index in [0.29, 0.717) is 6.08 Å². The fraction of sp³-hybridized carbons (Fsp3) is 0.500. The number of carboxylic acids is 1. The third-order valence-corrected chi connectivity index (χ3v) is 1.35. The summed E-state index contributed by atoms with van der Waals surface area (Å²) in [5, 5.41) is 8.35. The molecule has 0 aromatic heterocycles. The zero-order valence-corrected chi connectivity index (χ0v) is 9.35. The Morgan fingerprint density at radius 1 is 1.31 bits per heavy atom. The zero-order valence-electron chi connectivity index (χ0n) is 9.35. The van der Waals surface area contributed by atoms with Crippen molar-refractivity contribution in [3.05, 3.63) is 11.6 Å². The van der Waals surface area contributed by atoms with Gasteiger partial charge < -0.3 is 14.6 Å². The number of carbonyl (C=O) groups excluding carboxylic acids is 2. The molecule has 90 valence electrons. The minimum Gasteiger partial charge on any atom is -0.478 e. The first-order valence-electron chi connectivity index (χ1n) is 4.60. The Balaban J connectivity index is 4.08. The van der Waals surface area contributed by atoms with Crippen LogP contribution in [0.4, 0.5) is 0 Å². The maximum atomic E-state index is 11.1. The van der Waals surface area contributed by atoms with E-state index < -0.39 is 24.5 Å². The Bertz CT molecular complexity index is 315. The number of hydrogen-bond acceptors (Lipinski definition) is 5. The second kappa shape index (κ2) is 6.60. The highest BCUT2D eigenvalue weighted by molar-refractivity contribution is 5.95. The summed E-state index contributed by atoms with van der Waals surface area (Å²) in [5.41, 5.74) is -0.0927. The van der Waals surface area contributed by atoms with Gasteiger partial charge in [0.15, 0.2) is 6.61 Å². The molecule has 0 fully saturated rings. The molecule has 0 atom stereocenters. The van der Waals surface area contributed by atoms with Crippen molar-refractivity contribution in [1.82, 2.24) is 0 Å². The molecular formula is C10H14O6. The second-order valence-electron chi connectivity index (χ2n) is 3.28. The maximum Gasteiger partial charge on any atom is 0.344 e. The second-order valence-corrected chi connectivity index (χ2v) is 3.28. The first-order valence-corrected chi connectivity index (χ1v) is 4.60. The normalized spacial score (nSPS) is 11.1. The van der Waals surface area contributed by atoms with Crippen molar-refractivity contribution in [2.45, 2.75) is 26.9 Å². The number of carbonyl (C=O) groups is 3. The summed E-state index contributed by atoms with van der Waals surface area (Å²) in [7, 11) is 0. The molecule has 0 unspecified atom stereocenters. The van der Waals surface area contributed by atoms with E-state index in [-0.39, 0.29) is 11.7 Å². The van der Waals surface area contributed by atoms with Crippen LogP contribution < -0.4 is 0 Å². The van der Waals surface area contributed by atoms with E-state index in [9.17, 15) is 14.4 Å². The van der Waals surface area contributed by atoms with Gasteiger partial charge in [0.05, 0.1) is 6.10 Å². The van der Waals surface area contributed by atoms with E-state index >= 15 is 0 Å². The summed E-state index contributed by atoms with van der Waals surface area (Å²) in [4.78, 5) is 32.3. The Labute approximate surface area is 92.8 Å². The lowest BCUT2D eigenvalue weighted by atomic mass is 10.3. The lowest BCUT2D eigenvalue weighted by Gasteiger charge is -2.08. The summed E-state index contributed by atoms with van der Waals surface area (Å²) < 4.78 is 9.23. The van der Waals surface area contributed by atoms with Crippen molar-refractivity contribution in [1.29, 1.82) is 0 Å². The third kappa shape index (κ3) is 6.58. The molecule has 0 aliphatic carbocycles. The highest BCUT2D eigenvalue weighted by atomic mass is 16.6. The lowest BCUT2D eigenvalue weighted by Crippen LogP contribution is -2.20. The fourth-order valence-corrected chi connectivity index (χ4v) is 0.779. The molecule has 0 radical (unpaired) electrons. The van der Waals surface area contributed by atoms with Gasteiger partial charge in [-0.2, -0.15) is 0 Å². The van der Waals surface area contributed by atoms with Crippen LogP contribution >= 0.6 is 0 Å². The molecule has 0 bridgehead atoms. The van der Waals surface area contributed by atoms with Crippen LogP contribution in [0.25, 0.3) is 0 Å². The highest BCUT2D eigenvalue weighted by Crippen LogP contribution is 1.97. The predicted octanol–water partition coefficient (Wildman–Crippen LogP) is 0.512. The van der Waals surface area contributed by atoms with Gasteiger partial charge in [0, 0.05) is 11.6 Å². The first-order chi connectivity index (χ1) is 7.32. The molecule has 0 amide bonds. The number of aliphatic carboxylic acids is 1. The molecule has 6 heteroatoms. The van der Waals surface area contributed by atoms with Gasteiger partial charge in [-0.3, -0.25) is 0 Å². The molecule has 6 nitrogen and oxygen atoms in total. The van der Waals surface area contributed by atoms with Gasteiger partial charge in [0.1, 0.15) is 0 Å². The van der Waals surface area contributed by atoms with Gasteiger partial charge >= 0.3 is 17.9 Å². The third-order valence-electron chi connectivity index (χ3n) is 1.35. The Hall–Kier alpha value is -1.85. The summed E-state index contributed by atoms with van der Waals surface area (Å²) in [6, 6.07) is 0. The lowest BCUT2D eigenvalue weighted by molar-refractivity contribution is -0.159. The van der Waals surface area contributed by atoms with Crippen LogP contribution in [0.1, 0.15) is 20.8 Å². The topological polar surface area (TPSA) is 89.9 Å². The standard InChI is InChI=1S/C10H14O6/c1-6(2)16-9(13)5-15-10(14)7(3)4-8(11)12/h4,6H,5H2,1-3H3,(H,11,12)/b7-4-. The van der Waals surface area contributed by atoms with Gasteiger partial charge in [-0.1, -0.05) is 0 Å². The Morgan fingerprint density at radius 3 is 2.31 bits per heavy atom. The number of hydrogen-bond donors (Lipinski definition) is 1. The van der Waals surface area contributed by atoms with E-state index in [4.69, 9.17) is 9.84 Å². The van der Waals surface area contributed by atoms with Gasteiger partial charge in [-0.25, -0.2) is 14.4 Å². The summed E-state index contributed by atoms with van der Waals surface area (Å²) in [6.45, 7) is 4.08. The molecule has 0 aliphatic heterocycles. The number of carboxylic acid groups (broad SMARTS) is 1. The molecule has 0 aromatic rings. The van der Waals surface area contributed by atoms with Gasteiger partial charge in [0.2, 0.25) is 0 Å². The molecule has 0 rings (SSSR count). The molecule has 0 aliphatic rings. The number of esters is 2. The molecule has 0 heterocycles. The highest BCUT2D eigenvalue weighted by Gasteiger charge is 2.12. The minimum atomic E-state index is -1.25. The van der Waals surface area contributed by atoms with Crippen molar-refractivity contribution in [3.8, 4) is 0 Å². The van der Waals surface area contributed by atoms with Crippen LogP contribution in [0.2, 0.25) is 0 Å². The van der Waals surface area contributed by atoms with Crippen LogP contribution in [0, 0.1) is 0 Å². The van der Waals surface area contributed by atoms with Crippen LogP contribution in [0.3, 0.4) is 0 Å². The largest absolute Gasteiger partial charge is 0.478 e. The summed E-state index contributed by atoms with van der Waals surface area (Å²) in [5.74, 6) is -2.78. The summed E-state index contributed by atoms with van der Waals surface area (Å²) in [6.07, 6.45) is 0.415. The van der Waals surface area contributed by atoms with Gasteiger partial charge in [-0.15, -0.1) is 0 Å². The van der Waals surface area contributed by atoms with E-state index in [1.165, 1.54) is 6.92 Å².